The molecule has 1 atom stereocenters. The van der Waals surface area contributed by atoms with Gasteiger partial charge >= 0.3 is 0 Å². The van der Waals surface area contributed by atoms with Crippen molar-refractivity contribution in [3.8, 4) is 0 Å². The third kappa shape index (κ3) is 3.42. The molecule has 0 amide bonds. The molecule has 0 bridgehead atoms. The normalized spacial score (nSPS) is 17.9. The molecule has 0 radical (unpaired) electrons. The fraction of sp³-hybridized carbons (Fsp3) is 0.429. The van der Waals surface area contributed by atoms with Crippen LogP contribution in [-0.4, -0.2) is 47.6 Å². The third-order valence-corrected chi connectivity index (χ3v) is 5.04. The van der Waals surface area contributed by atoms with Gasteiger partial charge in [0.05, 0.1) is 0 Å². The van der Waals surface area contributed by atoms with Gasteiger partial charge in [0.25, 0.3) is 0 Å². The first-order chi connectivity index (χ1) is 10.3. The van der Waals surface area contributed by atoms with Gasteiger partial charge in [0.1, 0.15) is 0 Å². The Labute approximate surface area is 136 Å². The maximum Gasteiger partial charge on any atom is 0.185 e. The van der Waals surface area contributed by atoms with Crippen molar-refractivity contribution in [2.45, 2.75) is 6.04 Å². The maximum atomic E-state index is 6.01. The van der Waals surface area contributed by atoms with Crippen LogP contribution in [0, 0.1) is 0 Å². The van der Waals surface area contributed by atoms with Crippen LogP contribution in [0.25, 0.3) is 0 Å². The van der Waals surface area contributed by atoms with Crippen LogP contribution < -0.4 is 10.6 Å². The molecule has 21 heavy (non-hydrogen) atoms. The number of pyridine rings is 1. The van der Waals surface area contributed by atoms with E-state index >= 15 is 0 Å². The molecule has 3 rings (SSSR count). The molecule has 0 saturated carbocycles. The van der Waals surface area contributed by atoms with Crippen molar-refractivity contribution in [1.82, 2.24) is 14.9 Å². The number of nitrogens with zero attached hydrogens (tertiary/aromatic N) is 4. The predicted octanol–water partition coefficient (Wildman–Crippen LogP) is 2.12. The van der Waals surface area contributed by atoms with Crippen molar-refractivity contribution < 1.29 is 0 Å². The SMILES string of the molecule is NCC(c1cncc(Br)c1)N1CCN(c2nccs2)CC1. The molecule has 1 aliphatic heterocycles. The first-order valence-electron chi connectivity index (χ1n) is 6.97. The molecule has 0 aromatic carbocycles. The summed E-state index contributed by atoms with van der Waals surface area (Å²) in [5.74, 6) is 0. The largest absolute Gasteiger partial charge is 0.346 e. The van der Waals surface area contributed by atoms with Crippen molar-refractivity contribution in [2.75, 3.05) is 37.6 Å². The average Bonchev–Trinajstić information content (AvgIpc) is 3.03. The molecule has 5 nitrogen and oxygen atoms in total. The quantitative estimate of drug-likeness (QED) is 0.896. The number of halogens is 1. The van der Waals surface area contributed by atoms with Gasteiger partial charge in [-0.15, -0.1) is 11.3 Å². The zero-order valence-electron chi connectivity index (χ0n) is 11.7. The number of hydrogen-bond donors (Lipinski definition) is 1. The predicted molar refractivity (Wildman–Crippen MR) is 89.6 cm³/mol. The van der Waals surface area contributed by atoms with Crippen LogP contribution in [0.5, 0.6) is 0 Å². The molecule has 112 valence electrons. The van der Waals surface area contributed by atoms with E-state index in [0.29, 0.717) is 6.54 Å². The molecule has 1 unspecified atom stereocenters. The second-order valence-electron chi connectivity index (χ2n) is 5.03. The number of anilines is 1. The Morgan fingerprint density at radius 3 is 2.71 bits per heavy atom. The molecular weight excluding hydrogens is 350 g/mol. The lowest BCUT2D eigenvalue weighted by Crippen LogP contribution is -2.49. The summed E-state index contributed by atoms with van der Waals surface area (Å²) in [6.07, 6.45) is 5.58. The van der Waals surface area contributed by atoms with Gasteiger partial charge in [0.15, 0.2) is 5.13 Å². The molecule has 1 aliphatic rings. The van der Waals surface area contributed by atoms with Crippen LogP contribution in [0.4, 0.5) is 5.13 Å². The van der Waals surface area contributed by atoms with E-state index < -0.39 is 0 Å². The van der Waals surface area contributed by atoms with Crippen LogP contribution in [0.2, 0.25) is 0 Å². The lowest BCUT2D eigenvalue weighted by molar-refractivity contribution is 0.190. The Kier molecular flexibility index (Phi) is 4.84. The number of rotatable bonds is 4. The molecule has 7 heteroatoms. The van der Waals surface area contributed by atoms with Crippen molar-refractivity contribution in [3.05, 3.63) is 40.1 Å². The van der Waals surface area contributed by atoms with E-state index in [9.17, 15) is 0 Å². The molecule has 2 aromatic heterocycles. The first-order valence-corrected chi connectivity index (χ1v) is 8.64. The number of hydrogen-bond acceptors (Lipinski definition) is 6. The van der Waals surface area contributed by atoms with E-state index in [1.165, 1.54) is 5.56 Å². The van der Waals surface area contributed by atoms with Crippen LogP contribution >= 0.6 is 27.3 Å². The minimum Gasteiger partial charge on any atom is -0.346 e. The summed E-state index contributed by atoms with van der Waals surface area (Å²) < 4.78 is 1.000. The van der Waals surface area contributed by atoms with Gasteiger partial charge in [-0.25, -0.2) is 4.98 Å². The number of aromatic nitrogens is 2. The highest BCUT2D eigenvalue weighted by Crippen LogP contribution is 2.25. The molecular formula is C14H18BrN5S. The van der Waals surface area contributed by atoms with E-state index in [1.54, 1.807) is 17.5 Å². The summed E-state index contributed by atoms with van der Waals surface area (Å²) >= 11 is 5.18. The van der Waals surface area contributed by atoms with Crippen LogP contribution in [0.3, 0.4) is 0 Å². The van der Waals surface area contributed by atoms with Crippen LogP contribution in [-0.2, 0) is 0 Å². The number of nitrogens with two attached hydrogens (primary N) is 1. The fourth-order valence-corrected chi connectivity index (χ4v) is 3.78. The highest BCUT2D eigenvalue weighted by Gasteiger charge is 2.25. The zero-order chi connectivity index (χ0) is 14.7. The maximum absolute atomic E-state index is 6.01. The Morgan fingerprint density at radius 2 is 2.10 bits per heavy atom. The molecule has 1 fully saturated rings. The Morgan fingerprint density at radius 1 is 1.29 bits per heavy atom. The molecule has 0 aliphatic carbocycles. The Balaban J connectivity index is 1.67. The third-order valence-electron chi connectivity index (χ3n) is 3.78. The van der Waals surface area contributed by atoms with Gasteiger partial charge in [-0.2, -0.15) is 0 Å². The summed E-state index contributed by atoms with van der Waals surface area (Å²) in [6, 6.07) is 2.34. The van der Waals surface area contributed by atoms with E-state index in [-0.39, 0.29) is 6.04 Å². The first kappa shape index (κ1) is 14.9. The summed E-state index contributed by atoms with van der Waals surface area (Å²) in [5.41, 5.74) is 7.18. The summed E-state index contributed by atoms with van der Waals surface area (Å²) in [4.78, 5) is 13.4. The minimum atomic E-state index is 0.230. The zero-order valence-corrected chi connectivity index (χ0v) is 14.1. The van der Waals surface area contributed by atoms with Gasteiger partial charge in [-0.05, 0) is 27.6 Å². The Hall–Kier alpha value is -1.02. The second-order valence-corrected chi connectivity index (χ2v) is 6.81. The monoisotopic (exact) mass is 367 g/mol. The van der Waals surface area contributed by atoms with Crippen molar-refractivity contribution >= 4 is 32.4 Å². The Bertz CT molecular complexity index is 569. The van der Waals surface area contributed by atoms with Gasteiger partial charge in [0.2, 0.25) is 0 Å². The number of thiazole rings is 1. The average molecular weight is 368 g/mol. The van der Waals surface area contributed by atoms with Crippen molar-refractivity contribution in [2.24, 2.45) is 5.73 Å². The van der Waals surface area contributed by atoms with Gasteiger partial charge in [0, 0.05) is 67.2 Å². The molecule has 2 N–H and O–H groups in total. The highest BCUT2D eigenvalue weighted by molar-refractivity contribution is 9.10. The summed E-state index contributed by atoms with van der Waals surface area (Å²) in [5, 5.41) is 3.14. The minimum absolute atomic E-state index is 0.230. The van der Waals surface area contributed by atoms with E-state index in [2.05, 4.69) is 41.8 Å². The van der Waals surface area contributed by atoms with Crippen LogP contribution in [0.1, 0.15) is 11.6 Å². The topological polar surface area (TPSA) is 58.3 Å². The smallest absolute Gasteiger partial charge is 0.185 e. The van der Waals surface area contributed by atoms with E-state index in [0.717, 1.165) is 35.8 Å². The van der Waals surface area contributed by atoms with E-state index in [1.807, 2.05) is 17.8 Å². The second kappa shape index (κ2) is 6.83. The molecule has 1 saturated heterocycles. The van der Waals surface area contributed by atoms with E-state index in [4.69, 9.17) is 5.73 Å². The van der Waals surface area contributed by atoms with Gasteiger partial charge < -0.3 is 10.6 Å². The molecule has 2 aromatic rings. The molecule has 3 heterocycles. The lowest BCUT2D eigenvalue weighted by Gasteiger charge is -2.39. The van der Waals surface area contributed by atoms with Crippen LogP contribution in [0.15, 0.2) is 34.5 Å². The van der Waals surface area contributed by atoms with Crippen molar-refractivity contribution in [1.29, 1.82) is 0 Å². The lowest BCUT2D eigenvalue weighted by atomic mass is 10.1. The number of piperazine rings is 1. The molecule has 0 spiro atoms. The fourth-order valence-electron chi connectivity index (χ4n) is 2.70. The van der Waals surface area contributed by atoms with Gasteiger partial charge in [-0.1, -0.05) is 0 Å². The van der Waals surface area contributed by atoms with Gasteiger partial charge in [-0.3, -0.25) is 9.88 Å². The summed E-state index contributed by atoms with van der Waals surface area (Å²) in [6.45, 7) is 4.58. The summed E-state index contributed by atoms with van der Waals surface area (Å²) in [7, 11) is 0. The highest BCUT2D eigenvalue weighted by atomic mass is 79.9. The van der Waals surface area contributed by atoms with Crippen molar-refractivity contribution in [3.63, 3.8) is 0 Å². The standard InChI is InChI=1S/C14H18BrN5S/c15-12-7-11(9-17-10-12)13(8-16)19-2-4-20(5-3-19)14-18-1-6-21-14/h1,6-7,9-10,13H,2-5,8,16H2.